The van der Waals surface area contributed by atoms with E-state index >= 15 is 0 Å². The molecule has 0 aliphatic carbocycles. The molecule has 20 heavy (non-hydrogen) atoms. The Hall–Kier alpha value is -1.68. The van der Waals surface area contributed by atoms with Gasteiger partial charge in [-0.15, -0.1) is 0 Å². The van der Waals surface area contributed by atoms with Gasteiger partial charge in [-0.3, -0.25) is 9.48 Å². The lowest BCUT2D eigenvalue weighted by Gasteiger charge is -2.05. The molecule has 1 aromatic carbocycles. The summed E-state index contributed by atoms with van der Waals surface area (Å²) < 4.78 is 15.5. The van der Waals surface area contributed by atoms with Crippen LogP contribution in [0.5, 0.6) is 0 Å². The first-order chi connectivity index (χ1) is 9.45. The lowest BCUT2D eigenvalue weighted by atomic mass is 10.0. The van der Waals surface area contributed by atoms with Gasteiger partial charge in [0.05, 0.1) is 28.4 Å². The maximum atomic E-state index is 14.0. The van der Waals surface area contributed by atoms with Crippen LogP contribution in [0.1, 0.15) is 34.2 Å². The van der Waals surface area contributed by atoms with Crippen LogP contribution in [0.15, 0.2) is 18.2 Å². The van der Waals surface area contributed by atoms with Crippen molar-refractivity contribution in [2.45, 2.75) is 26.7 Å². The molecule has 5 heteroatoms. The number of aryl methyl sites for hydroxylation is 3. The Labute approximate surface area is 122 Å². The molecule has 0 atom stereocenters. The summed E-state index contributed by atoms with van der Waals surface area (Å²) in [6.07, 6.45) is 0.738. The van der Waals surface area contributed by atoms with Crippen LogP contribution in [0.3, 0.4) is 0 Å². The second-order valence-corrected chi connectivity index (χ2v) is 5.10. The van der Waals surface area contributed by atoms with Crippen LogP contribution >= 0.6 is 11.6 Å². The number of benzene rings is 1. The molecule has 2 aromatic rings. The van der Waals surface area contributed by atoms with Gasteiger partial charge in [0, 0.05) is 7.05 Å². The topological polar surface area (TPSA) is 34.9 Å². The molecular formula is C15H16ClFN2O. The molecule has 0 radical (unpaired) electrons. The van der Waals surface area contributed by atoms with E-state index < -0.39 is 5.82 Å². The standard InChI is InChI=1S/C15H16ClFN2O/c1-4-11-14(16)12(19(3)18-11)8-13(20)10-7-5-6-9(2)15(10)17/h5-7H,4,8H2,1-3H3. The zero-order valence-electron chi connectivity index (χ0n) is 11.7. The van der Waals surface area contributed by atoms with E-state index in [1.54, 1.807) is 30.8 Å². The normalized spacial score (nSPS) is 10.8. The molecule has 0 fully saturated rings. The monoisotopic (exact) mass is 294 g/mol. The summed E-state index contributed by atoms with van der Waals surface area (Å²) in [4.78, 5) is 12.2. The molecule has 0 aliphatic heterocycles. The number of aromatic nitrogens is 2. The fourth-order valence-electron chi connectivity index (χ4n) is 2.12. The number of rotatable bonds is 4. The summed E-state index contributed by atoms with van der Waals surface area (Å²) in [6.45, 7) is 3.58. The van der Waals surface area contributed by atoms with Crippen molar-refractivity contribution in [3.05, 3.63) is 51.6 Å². The lowest BCUT2D eigenvalue weighted by molar-refractivity contribution is 0.0986. The average Bonchev–Trinajstić information content (AvgIpc) is 2.69. The van der Waals surface area contributed by atoms with Gasteiger partial charge in [-0.1, -0.05) is 30.7 Å². The van der Waals surface area contributed by atoms with Crippen molar-refractivity contribution in [3.63, 3.8) is 0 Å². The molecule has 0 unspecified atom stereocenters. The van der Waals surface area contributed by atoms with Gasteiger partial charge < -0.3 is 0 Å². The van der Waals surface area contributed by atoms with Crippen LogP contribution < -0.4 is 0 Å². The van der Waals surface area contributed by atoms with E-state index in [2.05, 4.69) is 5.10 Å². The summed E-state index contributed by atoms with van der Waals surface area (Å²) in [6, 6.07) is 4.81. The van der Waals surface area contributed by atoms with Crippen LogP contribution in [-0.4, -0.2) is 15.6 Å². The lowest BCUT2D eigenvalue weighted by Crippen LogP contribution is -2.10. The van der Waals surface area contributed by atoms with Crippen LogP contribution in [0, 0.1) is 12.7 Å². The summed E-state index contributed by atoms with van der Waals surface area (Å²) in [5.74, 6) is -0.759. The van der Waals surface area contributed by atoms with E-state index in [-0.39, 0.29) is 17.8 Å². The van der Waals surface area contributed by atoms with Crippen molar-refractivity contribution in [3.8, 4) is 0 Å². The quantitative estimate of drug-likeness (QED) is 0.809. The van der Waals surface area contributed by atoms with Crippen molar-refractivity contribution in [1.82, 2.24) is 9.78 Å². The van der Waals surface area contributed by atoms with Gasteiger partial charge in [0.2, 0.25) is 0 Å². The molecule has 3 nitrogen and oxygen atoms in total. The third-order valence-corrected chi connectivity index (χ3v) is 3.76. The molecule has 0 N–H and O–H groups in total. The molecule has 2 rings (SSSR count). The summed E-state index contributed by atoms with van der Waals surface area (Å²) in [7, 11) is 1.74. The SMILES string of the molecule is CCc1nn(C)c(CC(=O)c2cccc(C)c2F)c1Cl. The van der Waals surface area contributed by atoms with Crippen molar-refractivity contribution >= 4 is 17.4 Å². The predicted octanol–water partition coefficient (Wildman–Crippen LogP) is 3.51. The highest BCUT2D eigenvalue weighted by Crippen LogP contribution is 2.23. The van der Waals surface area contributed by atoms with E-state index in [9.17, 15) is 9.18 Å². The maximum Gasteiger partial charge on any atom is 0.171 e. The second-order valence-electron chi connectivity index (χ2n) is 4.72. The number of carbonyl (C=O) groups excluding carboxylic acids is 1. The molecule has 106 valence electrons. The minimum atomic E-state index is -0.466. The number of nitrogens with zero attached hydrogens (tertiary/aromatic N) is 2. The Morgan fingerprint density at radius 3 is 2.75 bits per heavy atom. The molecule has 0 aliphatic rings. The van der Waals surface area contributed by atoms with Crippen LogP contribution in [0.25, 0.3) is 0 Å². The number of hydrogen-bond donors (Lipinski definition) is 0. The summed E-state index contributed by atoms with van der Waals surface area (Å²) in [5, 5.41) is 4.75. The molecule has 1 heterocycles. The smallest absolute Gasteiger partial charge is 0.171 e. The summed E-state index contributed by atoms with van der Waals surface area (Å²) >= 11 is 6.20. The number of Topliss-reactive ketones (excluding diaryl/α,β-unsaturated/α-hetero) is 1. The Kier molecular flexibility index (Phi) is 4.23. The van der Waals surface area contributed by atoms with Gasteiger partial charge >= 0.3 is 0 Å². The van der Waals surface area contributed by atoms with Crippen molar-refractivity contribution in [1.29, 1.82) is 0 Å². The van der Waals surface area contributed by atoms with Gasteiger partial charge in [0.25, 0.3) is 0 Å². The molecule has 0 saturated heterocycles. The second kappa shape index (κ2) is 5.75. The Bertz CT molecular complexity index is 664. The van der Waals surface area contributed by atoms with Crippen molar-refractivity contribution in [2.75, 3.05) is 0 Å². The fraction of sp³-hybridized carbons (Fsp3) is 0.333. The van der Waals surface area contributed by atoms with E-state index in [4.69, 9.17) is 11.6 Å². The highest BCUT2D eigenvalue weighted by atomic mass is 35.5. The first-order valence-electron chi connectivity index (χ1n) is 6.44. The van der Waals surface area contributed by atoms with Gasteiger partial charge in [-0.05, 0) is 25.0 Å². The zero-order valence-corrected chi connectivity index (χ0v) is 12.5. The predicted molar refractivity (Wildman–Crippen MR) is 76.8 cm³/mol. The van der Waals surface area contributed by atoms with Gasteiger partial charge in [0.1, 0.15) is 5.82 Å². The number of ketones is 1. The highest BCUT2D eigenvalue weighted by molar-refractivity contribution is 6.32. The van der Waals surface area contributed by atoms with Crippen molar-refractivity contribution < 1.29 is 9.18 Å². The van der Waals surface area contributed by atoms with Crippen LogP contribution in [-0.2, 0) is 19.9 Å². The minimum absolute atomic E-state index is 0.0444. The minimum Gasteiger partial charge on any atom is -0.294 e. The number of hydrogen-bond acceptors (Lipinski definition) is 2. The van der Waals surface area contributed by atoms with Gasteiger partial charge in [0.15, 0.2) is 5.78 Å². The summed E-state index contributed by atoms with van der Waals surface area (Å²) in [5.41, 5.74) is 1.93. The largest absolute Gasteiger partial charge is 0.294 e. The molecule has 0 bridgehead atoms. The first-order valence-corrected chi connectivity index (χ1v) is 6.82. The van der Waals surface area contributed by atoms with Crippen molar-refractivity contribution in [2.24, 2.45) is 7.05 Å². The van der Waals surface area contributed by atoms with Crippen LogP contribution in [0.2, 0.25) is 5.02 Å². The number of halogens is 2. The van der Waals surface area contributed by atoms with Gasteiger partial charge in [-0.2, -0.15) is 5.10 Å². The first kappa shape index (κ1) is 14.7. The average molecular weight is 295 g/mol. The van der Waals surface area contributed by atoms with Gasteiger partial charge in [-0.25, -0.2) is 4.39 Å². The molecular weight excluding hydrogens is 279 g/mol. The highest BCUT2D eigenvalue weighted by Gasteiger charge is 2.19. The molecule has 0 spiro atoms. The number of carbonyl (C=O) groups is 1. The van der Waals surface area contributed by atoms with E-state index in [0.29, 0.717) is 22.7 Å². The molecule has 0 amide bonds. The maximum absolute atomic E-state index is 14.0. The zero-order chi connectivity index (χ0) is 14.9. The molecule has 0 saturated carbocycles. The third kappa shape index (κ3) is 2.61. The Balaban J connectivity index is 2.33. The van der Waals surface area contributed by atoms with E-state index in [1.165, 1.54) is 6.07 Å². The van der Waals surface area contributed by atoms with E-state index in [0.717, 1.165) is 5.69 Å². The Morgan fingerprint density at radius 2 is 2.15 bits per heavy atom. The third-order valence-electron chi connectivity index (χ3n) is 3.32. The van der Waals surface area contributed by atoms with Crippen LogP contribution in [0.4, 0.5) is 4.39 Å². The Morgan fingerprint density at radius 1 is 1.45 bits per heavy atom. The van der Waals surface area contributed by atoms with E-state index in [1.807, 2.05) is 6.92 Å². The fourth-order valence-corrected chi connectivity index (χ4v) is 2.48. The molecule has 1 aromatic heterocycles.